The number of carbonyl (C=O) groups excluding carboxylic acids is 1. The molecule has 0 heterocycles. The van der Waals surface area contributed by atoms with Crippen LogP contribution in [0.25, 0.3) is 0 Å². The molecule has 0 saturated heterocycles. The fourth-order valence-corrected chi connectivity index (χ4v) is 3.13. The monoisotopic (exact) mass is 298 g/mol. The number of ketones is 1. The Hall–Kier alpha value is -0.470. The Morgan fingerprint density at radius 1 is 1.37 bits per heavy atom. The standard InChI is InChI=1S/C16H23ClOS/c1-3-5-7-13(4-2)10-15(18)12-19-16-9-6-8-14(17)11-16/h6,8-9,11,13H,3-5,7,10,12H2,1-2H3. The molecule has 1 aromatic carbocycles. The topological polar surface area (TPSA) is 17.1 Å². The number of Topliss-reactive ketones (excluding diaryl/α,β-unsaturated/α-hetero) is 1. The molecule has 19 heavy (non-hydrogen) atoms. The first-order valence-corrected chi connectivity index (χ1v) is 8.42. The van der Waals surface area contributed by atoms with Crippen molar-refractivity contribution in [1.82, 2.24) is 0 Å². The fraction of sp³-hybridized carbons (Fsp3) is 0.562. The zero-order chi connectivity index (χ0) is 14.1. The average molecular weight is 299 g/mol. The number of rotatable bonds is 9. The van der Waals surface area contributed by atoms with E-state index in [4.69, 9.17) is 11.6 Å². The summed E-state index contributed by atoms with van der Waals surface area (Å²) in [7, 11) is 0. The van der Waals surface area contributed by atoms with Crippen LogP contribution >= 0.6 is 23.4 Å². The third-order valence-electron chi connectivity index (χ3n) is 3.26. The summed E-state index contributed by atoms with van der Waals surface area (Å²) in [5.74, 6) is 1.48. The molecule has 0 aromatic heterocycles. The molecule has 0 N–H and O–H groups in total. The maximum Gasteiger partial charge on any atom is 0.143 e. The van der Waals surface area contributed by atoms with Gasteiger partial charge in [-0.25, -0.2) is 0 Å². The third-order valence-corrected chi connectivity index (χ3v) is 4.54. The normalized spacial score (nSPS) is 12.4. The lowest BCUT2D eigenvalue weighted by atomic mass is 9.94. The first-order chi connectivity index (χ1) is 9.15. The molecule has 0 amide bonds. The van der Waals surface area contributed by atoms with Gasteiger partial charge in [-0.05, 0) is 24.1 Å². The van der Waals surface area contributed by atoms with E-state index in [1.165, 1.54) is 19.3 Å². The van der Waals surface area contributed by atoms with Gasteiger partial charge in [0.05, 0.1) is 5.75 Å². The Morgan fingerprint density at radius 2 is 2.16 bits per heavy atom. The van der Waals surface area contributed by atoms with Crippen molar-refractivity contribution in [2.24, 2.45) is 5.92 Å². The molecular weight excluding hydrogens is 276 g/mol. The highest BCUT2D eigenvalue weighted by Gasteiger charge is 2.12. The van der Waals surface area contributed by atoms with Crippen LogP contribution < -0.4 is 0 Å². The first-order valence-electron chi connectivity index (χ1n) is 7.05. The largest absolute Gasteiger partial charge is 0.299 e. The van der Waals surface area contributed by atoms with Crippen LogP contribution in [-0.2, 0) is 4.79 Å². The molecule has 0 bridgehead atoms. The van der Waals surface area contributed by atoms with Crippen molar-refractivity contribution >= 4 is 29.1 Å². The Kier molecular flexibility index (Phi) is 8.24. The third kappa shape index (κ3) is 7.03. The molecule has 1 nitrogen and oxygen atoms in total. The highest BCUT2D eigenvalue weighted by molar-refractivity contribution is 8.00. The fourth-order valence-electron chi connectivity index (χ4n) is 2.04. The maximum atomic E-state index is 12.0. The van der Waals surface area contributed by atoms with Gasteiger partial charge in [0.15, 0.2) is 0 Å². The van der Waals surface area contributed by atoms with Gasteiger partial charge < -0.3 is 0 Å². The molecule has 0 saturated carbocycles. The van der Waals surface area contributed by atoms with Crippen LogP contribution in [0.4, 0.5) is 0 Å². The van der Waals surface area contributed by atoms with Crippen LogP contribution in [-0.4, -0.2) is 11.5 Å². The number of carbonyl (C=O) groups is 1. The first kappa shape index (κ1) is 16.6. The summed E-state index contributed by atoms with van der Waals surface area (Å²) in [4.78, 5) is 13.1. The minimum Gasteiger partial charge on any atom is -0.299 e. The van der Waals surface area contributed by atoms with Crippen LogP contribution in [0.15, 0.2) is 29.2 Å². The van der Waals surface area contributed by atoms with Crippen LogP contribution in [0.2, 0.25) is 5.02 Å². The molecule has 0 radical (unpaired) electrons. The molecule has 1 rings (SSSR count). The SMILES string of the molecule is CCCCC(CC)CC(=O)CSc1cccc(Cl)c1. The van der Waals surface area contributed by atoms with E-state index in [0.29, 0.717) is 17.5 Å². The number of thioether (sulfide) groups is 1. The summed E-state index contributed by atoms with van der Waals surface area (Å²) in [6.45, 7) is 4.38. The van der Waals surface area contributed by atoms with Gasteiger partial charge in [-0.3, -0.25) is 4.79 Å². The Morgan fingerprint density at radius 3 is 2.79 bits per heavy atom. The highest BCUT2D eigenvalue weighted by atomic mass is 35.5. The zero-order valence-electron chi connectivity index (χ0n) is 11.8. The van der Waals surface area contributed by atoms with Crippen LogP contribution in [0.1, 0.15) is 46.0 Å². The minimum atomic E-state index is 0.355. The molecule has 1 aromatic rings. The summed E-state index contributed by atoms with van der Waals surface area (Å²) >= 11 is 7.51. The average Bonchev–Trinajstić information content (AvgIpc) is 2.41. The lowest BCUT2D eigenvalue weighted by molar-refractivity contribution is -0.117. The van der Waals surface area contributed by atoms with Gasteiger partial charge in [-0.1, -0.05) is 57.2 Å². The predicted molar refractivity (Wildman–Crippen MR) is 85.1 cm³/mol. The molecule has 0 spiro atoms. The highest BCUT2D eigenvalue weighted by Crippen LogP contribution is 2.23. The smallest absolute Gasteiger partial charge is 0.143 e. The minimum absolute atomic E-state index is 0.355. The van der Waals surface area contributed by atoms with Crippen molar-refractivity contribution in [3.63, 3.8) is 0 Å². The zero-order valence-corrected chi connectivity index (χ0v) is 13.4. The molecular formula is C16H23ClOS. The molecule has 1 atom stereocenters. The van der Waals surface area contributed by atoms with Gasteiger partial charge >= 0.3 is 0 Å². The molecule has 0 aliphatic carbocycles. The van der Waals surface area contributed by atoms with E-state index in [1.54, 1.807) is 11.8 Å². The van der Waals surface area contributed by atoms with Crippen molar-refractivity contribution in [1.29, 1.82) is 0 Å². The second-order valence-corrected chi connectivity index (χ2v) is 6.39. The molecule has 106 valence electrons. The van der Waals surface area contributed by atoms with E-state index in [9.17, 15) is 4.79 Å². The molecule has 3 heteroatoms. The van der Waals surface area contributed by atoms with Gasteiger partial charge in [0.25, 0.3) is 0 Å². The van der Waals surface area contributed by atoms with E-state index in [1.807, 2.05) is 24.3 Å². The lowest BCUT2D eigenvalue weighted by Gasteiger charge is -2.13. The van der Waals surface area contributed by atoms with Crippen LogP contribution in [0.5, 0.6) is 0 Å². The van der Waals surface area contributed by atoms with Crippen molar-refractivity contribution < 1.29 is 4.79 Å². The number of unbranched alkanes of at least 4 members (excludes halogenated alkanes) is 1. The summed E-state index contributed by atoms with van der Waals surface area (Å²) in [5.41, 5.74) is 0. The summed E-state index contributed by atoms with van der Waals surface area (Å²) < 4.78 is 0. The van der Waals surface area contributed by atoms with Gasteiger partial charge in [0, 0.05) is 16.3 Å². The van der Waals surface area contributed by atoms with Gasteiger partial charge in [-0.15, -0.1) is 11.8 Å². The van der Waals surface area contributed by atoms with Crippen LogP contribution in [0.3, 0.4) is 0 Å². The second-order valence-electron chi connectivity index (χ2n) is 4.91. The van der Waals surface area contributed by atoms with E-state index in [-0.39, 0.29) is 0 Å². The number of benzene rings is 1. The van der Waals surface area contributed by atoms with E-state index in [2.05, 4.69) is 13.8 Å². The van der Waals surface area contributed by atoms with Crippen LogP contribution in [0, 0.1) is 5.92 Å². The number of halogens is 1. The van der Waals surface area contributed by atoms with Crippen molar-refractivity contribution in [3.8, 4) is 0 Å². The molecule has 0 fully saturated rings. The second kappa shape index (κ2) is 9.44. The molecule has 1 unspecified atom stereocenters. The maximum absolute atomic E-state index is 12.0. The Balaban J connectivity index is 2.34. The van der Waals surface area contributed by atoms with E-state index in [0.717, 1.165) is 22.8 Å². The van der Waals surface area contributed by atoms with Gasteiger partial charge in [-0.2, -0.15) is 0 Å². The van der Waals surface area contributed by atoms with Crippen molar-refractivity contribution in [2.45, 2.75) is 50.8 Å². The molecule has 0 aliphatic rings. The van der Waals surface area contributed by atoms with E-state index < -0.39 is 0 Å². The Labute approximate surface area is 126 Å². The lowest BCUT2D eigenvalue weighted by Crippen LogP contribution is -2.10. The van der Waals surface area contributed by atoms with Gasteiger partial charge in [0.1, 0.15) is 5.78 Å². The van der Waals surface area contributed by atoms with Gasteiger partial charge in [0.2, 0.25) is 0 Å². The van der Waals surface area contributed by atoms with Crippen molar-refractivity contribution in [3.05, 3.63) is 29.3 Å². The molecule has 0 aliphatic heterocycles. The number of hydrogen-bond donors (Lipinski definition) is 0. The van der Waals surface area contributed by atoms with E-state index >= 15 is 0 Å². The number of hydrogen-bond acceptors (Lipinski definition) is 2. The summed E-state index contributed by atoms with van der Waals surface area (Å²) in [6, 6.07) is 7.68. The predicted octanol–water partition coefficient (Wildman–Crippen LogP) is 5.61. The quantitative estimate of drug-likeness (QED) is 0.551. The Bertz CT molecular complexity index is 392. The summed E-state index contributed by atoms with van der Waals surface area (Å²) in [6.07, 6.45) is 5.45. The van der Waals surface area contributed by atoms with Crippen molar-refractivity contribution in [2.75, 3.05) is 5.75 Å². The summed E-state index contributed by atoms with van der Waals surface area (Å²) in [5, 5.41) is 0.729.